The Balaban J connectivity index is 4.51. The van der Waals surface area contributed by atoms with Gasteiger partial charge in [-0.05, 0) is 19.8 Å². The molecule has 0 amide bonds. The summed E-state index contributed by atoms with van der Waals surface area (Å²) in [6, 6.07) is 0. The Morgan fingerprint density at radius 2 is 1.62 bits per heavy atom. The van der Waals surface area contributed by atoms with Crippen molar-refractivity contribution in [1.29, 1.82) is 0 Å². The molecule has 0 spiro atoms. The number of rotatable bonds is 13. The fourth-order valence-corrected chi connectivity index (χ4v) is 2.44. The second-order valence-corrected chi connectivity index (χ2v) is 6.03. The molecule has 0 saturated heterocycles. The molecule has 4 nitrogen and oxygen atoms in total. The molecule has 5 heteroatoms. The van der Waals surface area contributed by atoms with E-state index in [9.17, 15) is 9.59 Å². The number of carbonyl (C=O) groups excluding carboxylic acids is 2. The van der Waals surface area contributed by atoms with E-state index in [1.807, 2.05) is 6.92 Å². The van der Waals surface area contributed by atoms with Crippen molar-refractivity contribution in [2.24, 2.45) is 5.41 Å². The average Bonchev–Trinajstić information content (AvgIpc) is 2.44. The van der Waals surface area contributed by atoms with Gasteiger partial charge in [0, 0.05) is 0 Å². The van der Waals surface area contributed by atoms with Gasteiger partial charge in [0.05, 0.1) is 5.41 Å². The van der Waals surface area contributed by atoms with Gasteiger partial charge in [0.25, 0.3) is 6.47 Å². The summed E-state index contributed by atoms with van der Waals surface area (Å²) in [5.74, 6) is -0.246. The number of hydrogen-bond donors (Lipinski definition) is 0. The molecule has 0 N–H and O–H groups in total. The first-order chi connectivity index (χ1) is 10.00. The molecule has 2 atom stereocenters. The van der Waals surface area contributed by atoms with E-state index in [0.717, 1.165) is 44.9 Å². The Labute approximate surface area is 130 Å². The van der Waals surface area contributed by atoms with Crippen molar-refractivity contribution in [2.75, 3.05) is 0 Å². The largest absolute Gasteiger partial charge is 0.437 e. The fraction of sp³-hybridized carbons (Fsp3) is 0.875. The molecule has 0 rings (SSSR count). The van der Waals surface area contributed by atoms with Crippen LogP contribution in [0.4, 0.5) is 0 Å². The highest BCUT2D eigenvalue weighted by atomic mass is 16.7. The predicted octanol–water partition coefficient (Wildman–Crippen LogP) is 3.18. The lowest BCUT2D eigenvalue weighted by Crippen LogP contribution is -2.34. The molecule has 0 aliphatic heterocycles. The number of carbonyl (C=O) groups is 2. The van der Waals surface area contributed by atoms with Gasteiger partial charge in [-0.15, -0.1) is 0 Å². The minimum absolute atomic E-state index is 0.246. The van der Waals surface area contributed by atoms with E-state index in [1.54, 1.807) is 7.85 Å². The molecule has 122 valence electrons. The molecule has 0 aliphatic carbocycles. The molecule has 0 radical (unpaired) electrons. The third kappa shape index (κ3) is 8.79. The number of unbranched alkanes of at least 4 members (excludes halogenated alkanes) is 5. The zero-order valence-electron chi connectivity index (χ0n) is 14.2. The van der Waals surface area contributed by atoms with Gasteiger partial charge in [-0.2, -0.15) is 0 Å². The van der Waals surface area contributed by atoms with Gasteiger partial charge in [-0.1, -0.05) is 58.8 Å². The molecule has 0 saturated carbocycles. The Hall–Kier alpha value is -0.995. The Morgan fingerprint density at radius 3 is 2.14 bits per heavy atom. The molecule has 0 heterocycles. The first-order valence-electron chi connectivity index (χ1n) is 8.30. The third-order valence-electron chi connectivity index (χ3n) is 3.93. The van der Waals surface area contributed by atoms with Crippen molar-refractivity contribution in [1.82, 2.24) is 0 Å². The lowest BCUT2D eigenvalue weighted by Gasteiger charge is -2.28. The molecular formula is C16H31BO4. The van der Waals surface area contributed by atoms with Crippen LogP contribution in [0.3, 0.4) is 0 Å². The van der Waals surface area contributed by atoms with Crippen LogP contribution < -0.4 is 0 Å². The summed E-state index contributed by atoms with van der Waals surface area (Å²) < 4.78 is 9.90. The zero-order chi connectivity index (χ0) is 16.1. The Bertz CT molecular complexity index is 296. The van der Waals surface area contributed by atoms with E-state index >= 15 is 0 Å². The molecule has 0 aromatic rings. The molecule has 21 heavy (non-hydrogen) atoms. The van der Waals surface area contributed by atoms with Crippen molar-refractivity contribution in [3.05, 3.63) is 0 Å². The summed E-state index contributed by atoms with van der Waals surface area (Å²) in [6.45, 7) is 6.61. The molecule has 0 aliphatic rings. The van der Waals surface area contributed by atoms with E-state index in [-0.39, 0.29) is 5.97 Å². The van der Waals surface area contributed by atoms with E-state index in [0.29, 0.717) is 6.47 Å². The molecule has 0 bridgehead atoms. The molecule has 0 fully saturated rings. The summed E-state index contributed by atoms with van der Waals surface area (Å²) in [7, 11) is 1.57. The smallest absolute Gasteiger partial charge is 0.314 e. The second-order valence-electron chi connectivity index (χ2n) is 6.03. The van der Waals surface area contributed by atoms with Gasteiger partial charge in [-0.3, -0.25) is 9.59 Å². The SMILES string of the molecule is BC(OC=O)OC(=O)C(C)(CCCCC)CCCCCC. The number of hydrogen-bond acceptors (Lipinski definition) is 4. The van der Waals surface area contributed by atoms with Gasteiger partial charge >= 0.3 is 5.97 Å². The highest BCUT2D eigenvalue weighted by Crippen LogP contribution is 2.33. The van der Waals surface area contributed by atoms with Crippen molar-refractivity contribution < 1.29 is 19.1 Å². The van der Waals surface area contributed by atoms with Crippen LogP contribution in [-0.2, 0) is 19.1 Å². The van der Waals surface area contributed by atoms with Gasteiger partial charge < -0.3 is 9.47 Å². The quantitative estimate of drug-likeness (QED) is 0.172. The molecule has 0 aromatic carbocycles. The van der Waals surface area contributed by atoms with Crippen LogP contribution in [-0.4, -0.2) is 26.5 Å². The normalized spacial score (nSPS) is 15.0. The van der Waals surface area contributed by atoms with E-state index in [2.05, 4.69) is 18.6 Å². The average molecular weight is 298 g/mol. The summed E-state index contributed by atoms with van der Waals surface area (Å²) in [4.78, 5) is 22.7. The van der Waals surface area contributed by atoms with Crippen LogP contribution in [0.5, 0.6) is 0 Å². The standard InChI is InChI=1S/C16H31BO4/c1-4-6-8-10-12-16(3,11-9-7-5-2)14(19)21-15(17)20-13-18/h13,15H,4-12,17H2,1-3H3. The molecule has 2 unspecified atom stereocenters. The maximum atomic E-state index is 12.4. The predicted molar refractivity (Wildman–Crippen MR) is 86.6 cm³/mol. The van der Waals surface area contributed by atoms with Gasteiger partial charge in [0.1, 0.15) is 0 Å². The zero-order valence-corrected chi connectivity index (χ0v) is 14.2. The van der Waals surface area contributed by atoms with Crippen LogP contribution >= 0.6 is 0 Å². The lowest BCUT2D eigenvalue weighted by atomic mass is 9.79. The molecule has 0 aromatic heterocycles. The fourth-order valence-electron chi connectivity index (χ4n) is 2.44. The highest BCUT2D eigenvalue weighted by Gasteiger charge is 2.34. The van der Waals surface area contributed by atoms with Gasteiger partial charge in [-0.25, -0.2) is 0 Å². The first kappa shape index (κ1) is 20.0. The Kier molecular flexibility index (Phi) is 11.1. The monoisotopic (exact) mass is 298 g/mol. The summed E-state index contributed by atoms with van der Waals surface area (Å²) >= 11 is 0. The summed E-state index contributed by atoms with van der Waals surface area (Å²) in [5.41, 5.74) is -0.469. The number of ether oxygens (including phenoxy) is 2. The van der Waals surface area contributed by atoms with Crippen LogP contribution in [0.1, 0.15) is 78.6 Å². The summed E-state index contributed by atoms with van der Waals surface area (Å²) in [6.07, 6.45) is 8.70. The van der Waals surface area contributed by atoms with Crippen molar-refractivity contribution in [3.8, 4) is 0 Å². The maximum Gasteiger partial charge on any atom is 0.314 e. The first-order valence-corrected chi connectivity index (χ1v) is 8.30. The Morgan fingerprint density at radius 1 is 1.10 bits per heavy atom. The van der Waals surface area contributed by atoms with Crippen LogP contribution in [0.25, 0.3) is 0 Å². The minimum atomic E-state index is -0.809. The van der Waals surface area contributed by atoms with Crippen LogP contribution in [0, 0.1) is 5.41 Å². The molecular weight excluding hydrogens is 267 g/mol. The van der Waals surface area contributed by atoms with Crippen molar-refractivity contribution >= 4 is 20.3 Å². The summed E-state index contributed by atoms with van der Waals surface area (Å²) in [5, 5.41) is 0. The van der Waals surface area contributed by atoms with Gasteiger partial charge in [0.2, 0.25) is 14.0 Å². The van der Waals surface area contributed by atoms with Crippen molar-refractivity contribution in [3.63, 3.8) is 0 Å². The second kappa shape index (κ2) is 11.6. The topological polar surface area (TPSA) is 52.6 Å². The third-order valence-corrected chi connectivity index (χ3v) is 3.93. The number of esters is 1. The van der Waals surface area contributed by atoms with E-state index in [4.69, 9.17) is 4.74 Å². The maximum absolute atomic E-state index is 12.4. The van der Waals surface area contributed by atoms with Gasteiger partial charge in [0.15, 0.2) is 0 Å². The van der Waals surface area contributed by atoms with Crippen molar-refractivity contribution in [2.45, 2.75) is 84.7 Å². The van der Waals surface area contributed by atoms with Crippen LogP contribution in [0.2, 0.25) is 0 Å². The lowest BCUT2D eigenvalue weighted by molar-refractivity contribution is -0.176. The van der Waals surface area contributed by atoms with E-state index < -0.39 is 11.6 Å². The highest BCUT2D eigenvalue weighted by molar-refractivity contribution is 6.11. The van der Waals surface area contributed by atoms with Crippen LogP contribution in [0.15, 0.2) is 0 Å². The van der Waals surface area contributed by atoms with E-state index in [1.165, 1.54) is 12.8 Å². The minimum Gasteiger partial charge on any atom is -0.437 e.